The highest BCUT2D eigenvalue weighted by Gasteiger charge is 2.34. The minimum atomic E-state index is -0.395. The summed E-state index contributed by atoms with van der Waals surface area (Å²) in [5.74, 6) is 0.338. The van der Waals surface area contributed by atoms with E-state index in [4.69, 9.17) is 21.1 Å². The van der Waals surface area contributed by atoms with E-state index in [-0.39, 0.29) is 39.8 Å². The van der Waals surface area contributed by atoms with Crippen LogP contribution < -0.4 is 9.47 Å². The molecule has 6 nitrogen and oxygen atoms in total. The Labute approximate surface area is 171 Å². The van der Waals surface area contributed by atoms with E-state index in [0.717, 1.165) is 16.7 Å². The maximum atomic E-state index is 12.6. The number of amides is 2. The molecule has 0 aliphatic carbocycles. The standard InChI is InChI=1S/C20H18ClNO5S/c1-2-26-16-11-13(10-15(21)18(16)23)12-17-19(24)22(20(25)28-17)8-9-27-14-6-4-3-5-7-14/h3-7,10-12,23H,2,8-9H2,1H3/b17-12-. The molecular weight excluding hydrogens is 402 g/mol. The van der Waals surface area contributed by atoms with Gasteiger partial charge in [0.25, 0.3) is 11.1 Å². The average Bonchev–Trinajstić information content (AvgIpc) is 2.94. The number of para-hydroxylation sites is 1. The molecule has 1 N–H and O–H groups in total. The lowest BCUT2D eigenvalue weighted by atomic mass is 10.2. The van der Waals surface area contributed by atoms with Crippen LogP contribution in [0.4, 0.5) is 4.79 Å². The third kappa shape index (κ3) is 4.61. The van der Waals surface area contributed by atoms with Crippen molar-refractivity contribution in [3.8, 4) is 17.2 Å². The normalized spacial score (nSPS) is 15.4. The number of imide groups is 1. The van der Waals surface area contributed by atoms with Gasteiger partial charge in [-0.2, -0.15) is 0 Å². The number of hydrogen-bond acceptors (Lipinski definition) is 6. The van der Waals surface area contributed by atoms with Gasteiger partial charge >= 0.3 is 0 Å². The monoisotopic (exact) mass is 419 g/mol. The van der Waals surface area contributed by atoms with Crippen LogP contribution in [0.15, 0.2) is 47.4 Å². The lowest BCUT2D eigenvalue weighted by Crippen LogP contribution is -2.32. The summed E-state index contributed by atoms with van der Waals surface area (Å²) in [4.78, 5) is 26.2. The molecule has 1 heterocycles. The minimum absolute atomic E-state index is 0.104. The van der Waals surface area contributed by atoms with Crippen molar-refractivity contribution in [1.29, 1.82) is 0 Å². The minimum Gasteiger partial charge on any atom is -0.503 e. The van der Waals surface area contributed by atoms with Gasteiger partial charge in [0, 0.05) is 0 Å². The first kappa shape index (κ1) is 20.1. The molecule has 2 aromatic rings. The first-order valence-electron chi connectivity index (χ1n) is 8.58. The second-order valence-electron chi connectivity index (χ2n) is 5.78. The van der Waals surface area contributed by atoms with Crippen molar-refractivity contribution in [2.24, 2.45) is 0 Å². The lowest BCUT2D eigenvalue weighted by molar-refractivity contribution is -0.123. The number of hydrogen-bond donors (Lipinski definition) is 1. The smallest absolute Gasteiger partial charge is 0.293 e. The van der Waals surface area contributed by atoms with Gasteiger partial charge in [-0.1, -0.05) is 29.8 Å². The molecule has 2 aromatic carbocycles. The molecule has 0 spiro atoms. The number of rotatable bonds is 7. The van der Waals surface area contributed by atoms with Gasteiger partial charge in [0.2, 0.25) is 0 Å². The molecule has 2 amide bonds. The van der Waals surface area contributed by atoms with Crippen LogP contribution in [0.2, 0.25) is 5.02 Å². The van der Waals surface area contributed by atoms with E-state index in [1.165, 1.54) is 6.07 Å². The molecule has 0 radical (unpaired) electrons. The van der Waals surface area contributed by atoms with Gasteiger partial charge in [-0.05, 0) is 54.6 Å². The zero-order chi connectivity index (χ0) is 20.1. The van der Waals surface area contributed by atoms with Crippen molar-refractivity contribution in [3.05, 3.63) is 58.0 Å². The number of ether oxygens (including phenoxy) is 2. The summed E-state index contributed by atoms with van der Waals surface area (Å²) in [6.45, 7) is 2.49. The summed E-state index contributed by atoms with van der Waals surface area (Å²) in [6.07, 6.45) is 1.55. The van der Waals surface area contributed by atoms with Crippen LogP contribution in [0.25, 0.3) is 6.08 Å². The van der Waals surface area contributed by atoms with Crippen molar-refractivity contribution >= 4 is 40.6 Å². The predicted octanol–water partition coefficient (Wildman–Crippen LogP) is 4.56. The van der Waals surface area contributed by atoms with Crippen molar-refractivity contribution in [2.45, 2.75) is 6.92 Å². The van der Waals surface area contributed by atoms with Crippen LogP contribution in [0.3, 0.4) is 0 Å². The number of thioether (sulfide) groups is 1. The number of phenolic OH excluding ortho intramolecular Hbond substituents is 1. The quantitative estimate of drug-likeness (QED) is 0.663. The molecule has 0 saturated carbocycles. The van der Waals surface area contributed by atoms with Gasteiger partial charge in [0.1, 0.15) is 12.4 Å². The number of carbonyl (C=O) groups is 2. The van der Waals surface area contributed by atoms with Crippen LogP contribution in [0.1, 0.15) is 12.5 Å². The highest BCUT2D eigenvalue weighted by molar-refractivity contribution is 8.18. The maximum Gasteiger partial charge on any atom is 0.293 e. The number of phenols is 1. The number of aromatic hydroxyl groups is 1. The fraction of sp³-hybridized carbons (Fsp3) is 0.200. The molecule has 0 bridgehead atoms. The van der Waals surface area contributed by atoms with E-state index in [2.05, 4.69) is 0 Å². The van der Waals surface area contributed by atoms with Crippen LogP contribution in [0.5, 0.6) is 17.2 Å². The summed E-state index contributed by atoms with van der Waals surface area (Å²) in [6, 6.07) is 12.2. The predicted molar refractivity (Wildman–Crippen MR) is 109 cm³/mol. The molecule has 1 saturated heterocycles. The third-order valence-corrected chi connectivity index (χ3v) is 5.04. The Hall–Kier alpha value is -2.64. The van der Waals surface area contributed by atoms with Gasteiger partial charge in [0.15, 0.2) is 11.5 Å². The highest BCUT2D eigenvalue weighted by Crippen LogP contribution is 2.38. The van der Waals surface area contributed by atoms with Gasteiger partial charge in [-0.25, -0.2) is 0 Å². The SMILES string of the molecule is CCOc1cc(/C=C2\SC(=O)N(CCOc3ccccc3)C2=O)cc(Cl)c1O. The second-order valence-corrected chi connectivity index (χ2v) is 7.18. The van der Waals surface area contributed by atoms with E-state index in [1.54, 1.807) is 31.2 Å². The van der Waals surface area contributed by atoms with Crippen LogP contribution in [-0.2, 0) is 4.79 Å². The molecule has 0 aromatic heterocycles. The van der Waals surface area contributed by atoms with Crippen molar-refractivity contribution in [3.63, 3.8) is 0 Å². The average molecular weight is 420 g/mol. The Morgan fingerprint density at radius 1 is 1.18 bits per heavy atom. The Bertz CT molecular complexity index is 916. The second kappa shape index (κ2) is 9.03. The van der Waals surface area contributed by atoms with Crippen LogP contribution in [-0.4, -0.2) is 40.9 Å². The summed E-state index contributed by atoms with van der Waals surface area (Å²) in [7, 11) is 0. The van der Waals surface area contributed by atoms with Gasteiger partial charge < -0.3 is 14.6 Å². The molecule has 0 unspecified atom stereocenters. The Morgan fingerprint density at radius 2 is 1.93 bits per heavy atom. The molecule has 146 valence electrons. The first-order chi connectivity index (χ1) is 13.5. The van der Waals surface area contributed by atoms with Crippen LogP contribution in [0, 0.1) is 0 Å². The maximum absolute atomic E-state index is 12.6. The number of benzene rings is 2. The summed E-state index contributed by atoms with van der Waals surface area (Å²) >= 11 is 6.86. The molecule has 0 atom stereocenters. The number of carbonyl (C=O) groups excluding carboxylic acids is 2. The summed E-state index contributed by atoms with van der Waals surface area (Å²) in [5.41, 5.74) is 0.553. The third-order valence-electron chi connectivity index (χ3n) is 3.85. The van der Waals surface area contributed by atoms with Gasteiger partial charge in [-0.15, -0.1) is 0 Å². The van der Waals surface area contributed by atoms with E-state index >= 15 is 0 Å². The zero-order valence-corrected chi connectivity index (χ0v) is 16.6. The Kier molecular flexibility index (Phi) is 6.49. The number of halogens is 1. The van der Waals surface area contributed by atoms with E-state index < -0.39 is 5.91 Å². The first-order valence-corrected chi connectivity index (χ1v) is 9.77. The summed E-state index contributed by atoms with van der Waals surface area (Å²) < 4.78 is 10.9. The fourth-order valence-corrected chi connectivity index (χ4v) is 3.64. The largest absolute Gasteiger partial charge is 0.503 e. The van der Waals surface area contributed by atoms with E-state index in [0.29, 0.717) is 17.9 Å². The van der Waals surface area contributed by atoms with Gasteiger partial charge in [0.05, 0.1) is 23.1 Å². The highest BCUT2D eigenvalue weighted by atomic mass is 35.5. The molecule has 1 fully saturated rings. The molecule has 8 heteroatoms. The number of nitrogens with zero attached hydrogens (tertiary/aromatic N) is 1. The zero-order valence-electron chi connectivity index (χ0n) is 15.1. The molecular formula is C20H18ClNO5S. The van der Waals surface area contributed by atoms with E-state index in [9.17, 15) is 14.7 Å². The van der Waals surface area contributed by atoms with Crippen LogP contribution >= 0.6 is 23.4 Å². The molecule has 1 aliphatic heterocycles. The summed E-state index contributed by atoms with van der Waals surface area (Å²) in [5, 5.41) is 9.66. The van der Waals surface area contributed by atoms with Crippen molar-refractivity contribution in [2.75, 3.05) is 19.8 Å². The topological polar surface area (TPSA) is 76.1 Å². The molecule has 3 rings (SSSR count). The molecule has 28 heavy (non-hydrogen) atoms. The fourth-order valence-electron chi connectivity index (χ4n) is 2.56. The lowest BCUT2D eigenvalue weighted by Gasteiger charge is -2.13. The Balaban J connectivity index is 1.70. The van der Waals surface area contributed by atoms with Crippen molar-refractivity contribution < 1.29 is 24.2 Å². The van der Waals surface area contributed by atoms with Gasteiger partial charge in [-0.3, -0.25) is 14.5 Å². The van der Waals surface area contributed by atoms with Crippen molar-refractivity contribution in [1.82, 2.24) is 4.90 Å². The van der Waals surface area contributed by atoms with E-state index in [1.807, 2.05) is 18.2 Å². The Morgan fingerprint density at radius 3 is 2.64 bits per heavy atom. The molecule has 1 aliphatic rings.